The van der Waals surface area contributed by atoms with Crippen molar-refractivity contribution in [1.82, 2.24) is 14.5 Å². The van der Waals surface area contributed by atoms with Crippen molar-refractivity contribution < 1.29 is 20.2 Å². The van der Waals surface area contributed by atoms with Crippen LogP contribution in [0, 0.1) is 5.92 Å². The largest absolute Gasteiger partial charge is 0.397 e. The lowest BCUT2D eigenvalue weighted by Crippen LogP contribution is -2.31. The van der Waals surface area contributed by atoms with Gasteiger partial charge in [0.25, 0.3) is 0 Å². The molecule has 2 heterocycles. The second kappa shape index (κ2) is 7.56. The van der Waals surface area contributed by atoms with Crippen molar-refractivity contribution in [3.8, 4) is 0 Å². The van der Waals surface area contributed by atoms with Gasteiger partial charge in [0.2, 0.25) is 5.49 Å². The number of benzene rings is 1. The Hall–Kier alpha value is -2.39. The van der Waals surface area contributed by atoms with Crippen LogP contribution in [0.1, 0.15) is 24.1 Å². The number of aliphatic hydroxyl groups is 3. The van der Waals surface area contributed by atoms with Crippen molar-refractivity contribution >= 4 is 22.6 Å². The Kier molecular flexibility index (Phi) is 5.11. The van der Waals surface area contributed by atoms with E-state index in [1.807, 2.05) is 10.6 Å². The van der Waals surface area contributed by atoms with E-state index in [-0.39, 0.29) is 0 Å². The van der Waals surface area contributed by atoms with E-state index in [0.717, 1.165) is 5.39 Å². The van der Waals surface area contributed by atoms with E-state index in [2.05, 4.69) is 15.1 Å². The SMILES string of the molecule is CO/N=c1/nc[nH]c2c1ccn2[C@@H]1C[C@H](C(O)c2ccc(Cl)cc2)[C@@H](O)[C@H]1O. The Balaban J connectivity index is 1.67. The Morgan fingerprint density at radius 2 is 2.00 bits per heavy atom. The molecular formula is C19H21ClN4O4. The summed E-state index contributed by atoms with van der Waals surface area (Å²) in [5, 5.41) is 37.3. The normalized spacial score (nSPS) is 26.7. The fraction of sp³-hybridized carbons (Fsp3) is 0.368. The van der Waals surface area contributed by atoms with Gasteiger partial charge in [-0.25, -0.2) is 4.98 Å². The van der Waals surface area contributed by atoms with Gasteiger partial charge in [-0.3, -0.25) is 0 Å². The molecule has 0 spiro atoms. The van der Waals surface area contributed by atoms with Crippen molar-refractivity contribution in [2.45, 2.75) is 30.8 Å². The van der Waals surface area contributed by atoms with E-state index >= 15 is 0 Å². The molecule has 148 valence electrons. The van der Waals surface area contributed by atoms with Crippen LogP contribution in [0.15, 0.2) is 48.0 Å². The average Bonchev–Trinajstić information content (AvgIpc) is 3.25. The maximum Gasteiger partial charge on any atom is 0.203 e. The molecule has 0 amide bonds. The minimum Gasteiger partial charge on any atom is -0.397 e. The van der Waals surface area contributed by atoms with Crippen LogP contribution in [0.2, 0.25) is 5.02 Å². The van der Waals surface area contributed by atoms with Gasteiger partial charge in [-0.1, -0.05) is 28.9 Å². The predicted octanol–water partition coefficient (Wildman–Crippen LogP) is 1.50. The fourth-order valence-electron chi connectivity index (χ4n) is 3.98. The number of aromatic nitrogens is 3. The van der Waals surface area contributed by atoms with E-state index in [4.69, 9.17) is 16.4 Å². The monoisotopic (exact) mass is 404 g/mol. The first-order chi connectivity index (χ1) is 13.5. The molecule has 0 saturated heterocycles. The molecule has 4 N–H and O–H groups in total. The first kappa shape index (κ1) is 18.9. The highest BCUT2D eigenvalue weighted by atomic mass is 35.5. The fourth-order valence-corrected chi connectivity index (χ4v) is 4.11. The second-order valence-corrected chi connectivity index (χ2v) is 7.37. The zero-order chi connectivity index (χ0) is 19.8. The Bertz CT molecular complexity index is 1030. The standard InChI is InChI=1S/C19H21ClN4O4/c1-28-23-18-12-6-7-24(19(12)22-9-21-18)14-8-13(16(26)17(14)27)15(25)10-2-4-11(20)5-3-10/h2-7,9,13-17,25-27H,8H2,1H3,(H,21,22,23)/t13-,14-,15?,16-,17+/m1/s1. The summed E-state index contributed by atoms with van der Waals surface area (Å²) in [5.74, 6) is -0.524. The third-order valence-electron chi connectivity index (χ3n) is 5.39. The summed E-state index contributed by atoms with van der Waals surface area (Å²) in [6.45, 7) is 0. The van der Waals surface area contributed by atoms with Crippen molar-refractivity contribution in [3.05, 3.63) is 58.9 Å². The van der Waals surface area contributed by atoms with Crippen LogP contribution >= 0.6 is 11.6 Å². The van der Waals surface area contributed by atoms with Crippen molar-refractivity contribution in [3.63, 3.8) is 0 Å². The number of fused-ring (bicyclic) bond motifs is 1. The summed E-state index contributed by atoms with van der Waals surface area (Å²) < 4.78 is 1.84. The summed E-state index contributed by atoms with van der Waals surface area (Å²) in [5.41, 5.74) is 1.76. The van der Waals surface area contributed by atoms with E-state index in [0.29, 0.717) is 28.1 Å². The summed E-state index contributed by atoms with van der Waals surface area (Å²) in [7, 11) is 1.45. The van der Waals surface area contributed by atoms with E-state index in [1.165, 1.54) is 13.4 Å². The van der Waals surface area contributed by atoms with Crippen LogP contribution in [-0.2, 0) is 4.84 Å². The number of halogens is 1. The van der Waals surface area contributed by atoms with Crippen LogP contribution in [0.25, 0.3) is 11.0 Å². The quantitative estimate of drug-likeness (QED) is 0.492. The van der Waals surface area contributed by atoms with Gasteiger partial charge in [-0.15, -0.1) is 0 Å². The predicted molar refractivity (Wildman–Crippen MR) is 102 cm³/mol. The first-order valence-electron chi connectivity index (χ1n) is 8.92. The molecule has 0 aliphatic heterocycles. The van der Waals surface area contributed by atoms with Crippen molar-refractivity contribution in [2.75, 3.05) is 7.11 Å². The molecule has 0 bridgehead atoms. The van der Waals surface area contributed by atoms with E-state index in [9.17, 15) is 15.3 Å². The van der Waals surface area contributed by atoms with E-state index in [1.54, 1.807) is 30.5 Å². The van der Waals surface area contributed by atoms with Crippen LogP contribution in [0.3, 0.4) is 0 Å². The molecule has 8 nitrogen and oxygen atoms in total. The highest BCUT2D eigenvalue weighted by Crippen LogP contribution is 2.42. The molecule has 0 radical (unpaired) electrons. The summed E-state index contributed by atoms with van der Waals surface area (Å²) in [6.07, 6.45) is 0.662. The van der Waals surface area contributed by atoms with Crippen molar-refractivity contribution in [2.24, 2.45) is 11.1 Å². The van der Waals surface area contributed by atoms with Gasteiger partial charge < -0.3 is 29.7 Å². The smallest absolute Gasteiger partial charge is 0.203 e. The Morgan fingerprint density at radius 1 is 1.25 bits per heavy atom. The number of aliphatic hydroxyl groups excluding tert-OH is 3. The molecule has 3 aromatic rings. The number of nitrogens with zero attached hydrogens (tertiary/aromatic N) is 3. The number of hydrogen-bond donors (Lipinski definition) is 4. The van der Waals surface area contributed by atoms with Gasteiger partial charge >= 0.3 is 0 Å². The molecule has 4 rings (SSSR count). The number of aromatic amines is 1. The number of hydrogen-bond acceptors (Lipinski definition) is 6. The summed E-state index contributed by atoms with van der Waals surface area (Å²) in [6, 6.07) is 8.23. The summed E-state index contributed by atoms with van der Waals surface area (Å²) >= 11 is 5.91. The molecule has 2 aromatic heterocycles. The van der Waals surface area contributed by atoms with Crippen LogP contribution in [-0.4, -0.2) is 49.2 Å². The third kappa shape index (κ3) is 3.18. The van der Waals surface area contributed by atoms with Crippen molar-refractivity contribution in [1.29, 1.82) is 0 Å². The molecule has 1 unspecified atom stereocenters. The minimum absolute atomic E-state index is 0.392. The molecule has 1 saturated carbocycles. The van der Waals surface area contributed by atoms with Gasteiger partial charge in [-0.05, 0) is 30.2 Å². The molecule has 1 fully saturated rings. The topological polar surface area (TPSA) is 116 Å². The molecule has 1 aliphatic carbocycles. The Morgan fingerprint density at radius 3 is 2.71 bits per heavy atom. The summed E-state index contributed by atoms with van der Waals surface area (Å²) in [4.78, 5) is 12.0. The van der Waals surface area contributed by atoms with Gasteiger partial charge in [0.05, 0.1) is 30.0 Å². The number of rotatable bonds is 4. The molecule has 1 aliphatic rings. The zero-order valence-corrected chi connectivity index (χ0v) is 15.9. The highest BCUT2D eigenvalue weighted by molar-refractivity contribution is 6.30. The maximum atomic E-state index is 10.8. The van der Waals surface area contributed by atoms with Crippen LogP contribution in [0.4, 0.5) is 0 Å². The third-order valence-corrected chi connectivity index (χ3v) is 5.64. The lowest BCUT2D eigenvalue weighted by atomic mass is 9.92. The van der Waals surface area contributed by atoms with Gasteiger partial charge in [0.15, 0.2) is 0 Å². The molecule has 1 aromatic carbocycles. The maximum absolute atomic E-state index is 10.8. The van der Waals surface area contributed by atoms with Crippen LogP contribution in [0.5, 0.6) is 0 Å². The first-order valence-corrected chi connectivity index (χ1v) is 9.30. The lowest BCUT2D eigenvalue weighted by Gasteiger charge is -2.22. The minimum atomic E-state index is -1.07. The zero-order valence-electron chi connectivity index (χ0n) is 15.1. The average molecular weight is 405 g/mol. The van der Waals surface area contributed by atoms with E-state index < -0.39 is 30.3 Å². The van der Waals surface area contributed by atoms with Gasteiger partial charge in [0, 0.05) is 17.1 Å². The molecule has 9 heteroatoms. The van der Waals surface area contributed by atoms with Gasteiger partial charge in [-0.2, -0.15) is 0 Å². The Labute approximate surface area is 165 Å². The van der Waals surface area contributed by atoms with Gasteiger partial charge in [0.1, 0.15) is 18.9 Å². The van der Waals surface area contributed by atoms with Crippen LogP contribution < -0.4 is 5.49 Å². The molecule has 5 atom stereocenters. The molecular weight excluding hydrogens is 384 g/mol. The second-order valence-electron chi connectivity index (χ2n) is 6.93. The molecule has 28 heavy (non-hydrogen) atoms. The number of H-pyrrole nitrogens is 1. The highest BCUT2D eigenvalue weighted by Gasteiger charge is 2.46. The number of nitrogens with one attached hydrogen (secondary N) is 1. The lowest BCUT2D eigenvalue weighted by molar-refractivity contribution is -0.0264.